The highest BCUT2D eigenvalue weighted by atomic mass is 35.5. The Kier molecular flexibility index (Phi) is 8.29. The molecule has 0 bridgehead atoms. The molecule has 32 heavy (non-hydrogen) atoms. The van der Waals surface area contributed by atoms with Crippen molar-refractivity contribution in [2.75, 3.05) is 73.0 Å². The lowest BCUT2D eigenvalue weighted by Crippen LogP contribution is -2.28. The second-order valence-corrected chi connectivity index (χ2v) is 7.62. The van der Waals surface area contributed by atoms with Crippen molar-refractivity contribution in [3.8, 4) is 0 Å². The molecule has 0 fully saturated rings. The lowest BCUT2D eigenvalue weighted by atomic mass is 9.80. The minimum Gasteiger partial charge on any atom is -0.383 e. The van der Waals surface area contributed by atoms with Gasteiger partial charge in [-0.3, -0.25) is 9.59 Å². The van der Waals surface area contributed by atoms with Crippen LogP contribution in [0.1, 0.15) is 31.8 Å². The average molecular weight is 460 g/mol. The van der Waals surface area contributed by atoms with E-state index < -0.39 is 0 Å². The molecule has 0 unspecified atom stereocenters. The Morgan fingerprint density at radius 2 is 0.844 bits per heavy atom. The van der Waals surface area contributed by atoms with Gasteiger partial charge >= 0.3 is 0 Å². The summed E-state index contributed by atoms with van der Waals surface area (Å²) in [6.45, 7) is 3.00. The molecule has 10 heteroatoms. The zero-order valence-corrected chi connectivity index (χ0v) is 18.6. The molecule has 1 aliphatic carbocycles. The molecule has 2 aromatic carbocycles. The molecule has 0 saturated heterocycles. The van der Waals surface area contributed by atoms with Gasteiger partial charge in [-0.15, -0.1) is 11.6 Å². The van der Waals surface area contributed by atoms with Crippen molar-refractivity contribution in [2.45, 2.75) is 0 Å². The molecule has 0 heterocycles. The molecule has 9 nitrogen and oxygen atoms in total. The number of ketones is 2. The van der Waals surface area contributed by atoms with Gasteiger partial charge in [-0.05, 0) is 24.3 Å². The van der Waals surface area contributed by atoms with E-state index in [1.165, 1.54) is 0 Å². The molecule has 0 atom stereocenters. The van der Waals surface area contributed by atoms with Crippen LogP contribution < -0.4 is 38.5 Å². The molecule has 0 aliphatic heterocycles. The molecule has 10 N–H and O–H groups in total. The van der Waals surface area contributed by atoms with Gasteiger partial charge in [-0.1, -0.05) is 0 Å². The SMILES string of the molecule is NCCNc1ccc(NCCN)c2c1C(=O)c1c(NCCN)ccc(NCCCl)c1C2=O. The number of nitrogens with one attached hydrogen (secondary N) is 4. The van der Waals surface area contributed by atoms with Crippen LogP contribution in [0.4, 0.5) is 22.7 Å². The largest absolute Gasteiger partial charge is 0.383 e. The molecular formula is C22H30ClN7O2. The van der Waals surface area contributed by atoms with Crippen molar-refractivity contribution in [1.82, 2.24) is 0 Å². The number of hydrogen-bond donors (Lipinski definition) is 7. The summed E-state index contributed by atoms with van der Waals surface area (Å²) in [5.41, 5.74) is 20.5. The van der Waals surface area contributed by atoms with Gasteiger partial charge in [0.05, 0.1) is 22.3 Å². The van der Waals surface area contributed by atoms with Crippen LogP contribution in [0.5, 0.6) is 0 Å². The monoisotopic (exact) mass is 459 g/mol. The van der Waals surface area contributed by atoms with Crippen LogP contribution >= 0.6 is 11.6 Å². The summed E-state index contributed by atoms with van der Waals surface area (Å²) in [5.74, 6) is -0.143. The summed E-state index contributed by atoms with van der Waals surface area (Å²) in [6.07, 6.45) is 0. The summed E-state index contributed by atoms with van der Waals surface area (Å²) >= 11 is 5.85. The van der Waals surface area contributed by atoms with E-state index in [0.717, 1.165) is 0 Å². The molecule has 1 aliphatic rings. The third-order valence-corrected chi connectivity index (χ3v) is 5.30. The topological polar surface area (TPSA) is 160 Å². The Morgan fingerprint density at radius 3 is 1.09 bits per heavy atom. The van der Waals surface area contributed by atoms with Crippen LogP contribution in [0.3, 0.4) is 0 Å². The highest BCUT2D eigenvalue weighted by molar-refractivity contribution is 6.35. The first kappa shape index (κ1) is 23.8. The van der Waals surface area contributed by atoms with E-state index in [1.54, 1.807) is 24.3 Å². The maximum atomic E-state index is 13.9. The minimum atomic E-state index is -0.251. The van der Waals surface area contributed by atoms with Gasteiger partial charge in [0.25, 0.3) is 0 Å². The fourth-order valence-corrected chi connectivity index (χ4v) is 3.88. The van der Waals surface area contributed by atoms with Crippen LogP contribution in [0.15, 0.2) is 24.3 Å². The number of benzene rings is 2. The van der Waals surface area contributed by atoms with Crippen molar-refractivity contribution in [2.24, 2.45) is 17.2 Å². The summed E-state index contributed by atoms with van der Waals surface area (Å²) < 4.78 is 0. The smallest absolute Gasteiger partial charge is 0.198 e. The van der Waals surface area contributed by atoms with E-state index in [0.29, 0.717) is 96.7 Å². The molecule has 0 radical (unpaired) electrons. The molecule has 0 aromatic heterocycles. The first-order valence-electron chi connectivity index (χ1n) is 10.6. The van der Waals surface area contributed by atoms with E-state index in [-0.39, 0.29) is 11.6 Å². The zero-order chi connectivity index (χ0) is 23.1. The van der Waals surface area contributed by atoms with Crippen molar-refractivity contribution in [3.63, 3.8) is 0 Å². The van der Waals surface area contributed by atoms with E-state index in [1.807, 2.05) is 0 Å². The molecule has 0 saturated carbocycles. The number of halogens is 1. The average Bonchev–Trinajstić information content (AvgIpc) is 2.81. The molecule has 2 aromatic rings. The summed E-state index contributed by atoms with van der Waals surface area (Å²) in [5, 5.41) is 12.7. The highest BCUT2D eigenvalue weighted by Gasteiger charge is 2.37. The number of alkyl halides is 1. The Labute approximate surface area is 192 Å². The van der Waals surface area contributed by atoms with Gasteiger partial charge in [0.2, 0.25) is 0 Å². The third-order valence-electron chi connectivity index (χ3n) is 5.11. The number of anilines is 4. The van der Waals surface area contributed by atoms with E-state index in [4.69, 9.17) is 28.8 Å². The quantitative estimate of drug-likeness (QED) is 0.197. The minimum absolute atomic E-state index is 0.250. The Balaban J connectivity index is 2.24. The number of hydrogen-bond acceptors (Lipinski definition) is 9. The third kappa shape index (κ3) is 4.66. The number of rotatable bonds is 12. The molecule has 0 amide bonds. The van der Waals surface area contributed by atoms with Crippen molar-refractivity contribution in [3.05, 3.63) is 46.5 Å². The van der Waals surface area contributed by atoms with Gasteiger partial charge in [-0.25, -0.2) is 0 Å². The molecule has 0 spiro atoms. The first-order valence-corrected chi connectivity index (χ1v) is 11.2. The zero-order valence-electron chi connectivity index (χ0n) is 17.9. The second kappa shape index (κ2) is 11.1. The van der Waals surface area contributed by atoms with Gasteiger partial charge < -0.3 is 38.5 Å². The van der Waals surface area contributed by atoms with Crippen LogP contribution in [-0.4, -0.2) is 63.3 Å². The van der Waals surface area contributed by atoms with E-state index >= 15 is 0 Å². The molecule has 3 rings (SSSR count). The van der Waals surface area contributed by atoms with Gasteiger partial charge in [0.1, 0.15) is 0 Å². The lowest BCUT2D eigenvalue weighted by Gasteiger charge is -2.27. The summed E-state index contributed by atoms with van der Waals surface area (Å²) in [4.78, 5) is 27.7. The summed E-state index contributed by atoms with van der Waals surface area (Å²) in [6, 6.07) is 7.13. The first-order chi connectivity index (χ1) is 15.6. The molecular weight excluding hydrogens is 430 g/mol. The fourth-order valence-electron chi connectivity index (χ4n) is 3.79. The predicted molar refractivity (Wildman–Crippen MR) is 132 cm³/mol. The highest BCUT2D eigenvalue weighted by Crippen LogP contribution is 2.41. The standard InChI is InChI=1S/C22H30ClN7O2/c23-5-9-27-13-1-2-14(28-10-6-24)18-17(13)21(31)19-15(29-11-7-25)3-4-16(30-12-8-26)20(19)22(18)32/h1-4,27-30H,5-12,24-26H2. The van der Waals surface area contributed by atoms with Crippen molar-refractivity contribution < 1.29 is 9.59 Å². The maximum Gasteiger partial charge on any atom is 0.198 e. The van der Waals surface area contributed by atoms with Crippen LogP contribution in [0, 0.1) is 0 Å². The second-order valence-electron chi connectivity index (χ2n) is 7.24. The number of carbonyl (C=O) groups excluding carboxylic acids is 2. The normalized spacial score (nSPS) is 12.2. The number of nitrogens with two attached hydrogens (primary N) is 3. The number of carbonyl (C=O) groups is 2. The maximum absolute atomic E-state index is 13.9. The fraction of sp³-hybridized carbons (Fsp3) is 0.364. The van der Waals surface area contributed by atoms with Crippen LogP contribution in [-0.2, 0) is 0 Å². The Hall–Kier alpha value is -2.85. The molecule has 172 valence electrons. The lowest BCUT2D eigenvalue weighted by molar-refractivity contribution is 0.0981. The van der Waals surface area contributed by atoms with Gasteiger partial charge in [0.15, 0.2) is 11.6 Å². The number of fused-ring (bicyclic) bond motifs is 2. The Bertz CT molecular complexity index is 843. The van der Waals surface area contributed by atoms with Crippen LogP contribution in [0.25, 0.3) is 0 Å². The Morgan fingerprint density at radius 1 is 0.562 bits per heavy atom. The predicted octanol–water partition coefficient (Wildman–Crippen LogP) is 1.22. The van der Waals surface area contributed by atoms with Crippen LogP contribution in [0.2, 0.25) is 0 Å². The van der Waals surface area contributed by atoms with E-state index in [9.17, 15) is 9.59 Å². The van der Waals surface area contributed by atoms with Crippen molar-refractivity contribution >= 4 is 45.9 Å². The van der Waals surface area contributed by atoms with E-state index in [2.05, 4.69) is 21.3 Å². The van der Waals surface area contributed by atoms with Gasteiger partial charge in [-0.2, -0.15) is 0 Å². The van der Waals surface area contributed by atoms with Crippen molar-refractivity contribution in [1.29, 1.82) is 0 Å². The summed E-state index contributed by atoms with van der Waals surface area (Å²) in [7, 11) is 0. The van der Waals surface area contributed by atoms with Gasteiger partial charge in [0, 0.05) is 74.4 Å².